The van der Waals surface area contributed by atoms with Crippen LogP contribution >= 0.6 is 22.9 Å². The van der Waals surface area contributed by atoms with E-state index in [0.29, 0.717) is 36.0 Å². The van der Waals surface area contributed by atoms with Gasteiger partial charge in [-0.1, -0.05) is 71.7 Å². The number of aromatic nitrogens is 1. The van der Waals surface area contributed by atoms with Gasteiger partial charge in [-0.3, -0.25) is 24.0 Å². The molecule has 0 unspecified atom stereocenters. The highest BCUT2D eigenvalue weighted by Crippen LogP contribution is 2.47. The predicted molar refractivity (Wildman–Crippen MR) is 194 cm³/mol. The largest absolute Gasteiger partial charge is 0.444 e. The molecule has 4 amide bonds. The van der Waals surface area contributed by atoms with Gasteiger partial charge >= 0.3 is 6.09 Å². The fourth-order valence-electron chi connectivity index (χ4n) is 6.96. The van der Waals surface area contributed by atoms with Crippen LogP contribution in [-0.4, -0.2) is 82.5 Å². The Morgan fingerprint density at radius 3 is 2.47 bits per heavy atom. The Hall–Kier alpha value is -3.43. The topological polar surface area (TPSA) is 167 Å². The average molecular weight is 763 g/mol. The van der Waals surface area contributed by atoms with E-state index in [4.69, 9.17) is 16.3 Å². The molecule has 1 aromatic carbocycles. The molecule has 2 saturated carbocycles. The van der Waals surface area contributed by atoms with E-state index in [1.54, 1.807) is 12.3 Å². The van der Waals surface area contributed by atoms with Gasteiger partial charge in [0.15, 0.2) is 5.13 Å². The number of benzene rings is 1. The van der Waals surface area contributed by atoms with Gasteiger partial charge in [0, 0.05) is 29.1 Å². The van der Waals surface area contributed by atoms with Crippen molar-refractivity contribution in [1.29, 1.82) is 0 Å². The van der Waals surface area contributed by atoms with Crippen LogP contribution in [0.1, 0.15) is 95.6 Å². The third-order valence-electron chi connectivity index (χ3n) is 10.3. The number of ether oxygens (including phenoxy) is 1. The number of halogens is 1. The number of thiazole rings is 1. The quantitative estimate of drug-likeness (QED) is 0.293. The molecular weight excluding hydrogens is 716 g/mol. The van der Waals surface area contributed by atoms with Crippen LogP contribution in [0.25, 0.3) is 0 Å². The van der Waals surface area contributed by atoms with E-state index in [1.165, 1.54) is 21.1 Å². The zero-order chi connectivity index (χ0) is 37.0. The van der Waals surface area contributed by atoms with Crippen LogP contribution in [-0.2, 0) is 42.2 Å². The first kappa shape index (κ1) is 37.3. The first-order valence-corrected chi connectivity index (χ1v) is 20.3. The van der Waals surface area contributed by atoms with E-state index in [0.717, 1.165) is 16.0 Å². The lowest BCUT2D eigenvalue weighted by Crippen LogP contribution is -2.58. The Morgan fingerprint density at radius 2 is 1.88 bits per heavy atom. The molecule has 3 fully saturated rings. The van der Waals surface area contributed by atoms with E-state index >= 15 is 0 Å². The summed E-state index contributed by atoms with van der Waals surface area (Å²) < 4.78 is 33.5. The number of likely N-dealkylation sites (tertiary alicyclic amines) is 1. The third-order valence-corrected chi connectivity index (χ3v) is 13.7. The minimum atomic E-state index is -3.85. The Balaban J connectivity index is 1.24. The third kappa shape index (κ3) is 7.71. The van der Waals surface area contributed by atoms with Gasteiger partial charge < -0.3 is 20.3 Å². The first-order chi connectivity index (χ1) is 23.9. The number of carbonyl (C=O) groups excluding carboxylic acids is 4. The molecule has 0 bridgehead atoms. The van der Waals surface area contributed by atoms with E-state index < -0.39 is 62.3 Å². The molecule has 13 nitrogen and oxygen atoms in total. The van der Waals surface area contributed by atoms with Gasteiger partial charge in [-0.2, -0.15) is 0 Å². The van der Waals surface area contributed by atoms with Crippen molar-refractivity contribution in [2.75, 3.05) is 11.9 Å². The Labute approximate surface area is 308 Å². The van der Waals surface area contributed by atoms with Crippen molar-refractivity contribution in [3.05, 3.63) is 45.4 Å². The zero-order valence-corrected chi connectivity index (χ0v) is 32.2. The van der Waals surface area contributed by atoms with Gasteiger partial charge in [-0.15, -0.1) is 11.3 Å². The molecule has 2 aliphatic carbocycles. The van der Waals surface area contributed by atoms with Crippen LogP contribution < -0.4 is 15.4 Å². The second kappa shape index (κ2) is 13.8. The molecule has 3 N–H and O–H groups in total. The summed E-state index contributed by atoms with van der Waals surface area (Å²) in [6, 6.07) is 3.59. The molecule has 0 radical (unpaired) electrons. The lowest BCUT2D eigenvalue weighted by atomic mass is 9.85. The van der Waals surface area contributed by atoms with Crippen LogP contribution in [0.3, 0.4) is 0 Å². The number of rotatable bonds is 11. The number of carbonyl (C=O) groups is 4. The summed E-state index contributed by atoms with van der Waals surface area (Å²) in [6.07, 6.45) is 2.12. The predicted octanol–water partition coefficient (Wildman–Crippen LogP) is 4.76. The minimum absolute atomic E-state index is 0.00860. The van der Waals surface area contributed by atoms with E-state index in [1.807, 2.05) is 39.8 Å². The van der Waals surface area contributed by atoms with Gasteiger partial charge in [0.1, 0.15) is 23.7 Å². The SMILES string of the molecule is CC[C@@H]1C[C@]1(NC(=O)[C@@H]1C[C@@H](OC(=O)N2Cc3cccc(Cl)c3C2)CN1C(=O)[C@@H](Nc1ncc(C(C)C)s1)C(C)(C)C)C(=O)NS(=O)(=O)C1CC1. The van der Waals surface area contributed by atoms with Gasteiger partial charge in [-0.25, -0.2) is 18.2 Å². The number of hydrogen-bond donors (Lipinski definition) is 3. The Bertz CT molecular complexity index is 1820. The van der Waals surface area contributed by atoms with Gasteiger partial charge in [0.05, 0.1) is 18.3 Å². The molecule has 6 rings (SSSR count). The van der Waals surface area contributed by atoms with Crippen molar-refractivity contribution in [2.24, 2.45) is 11.3 Å². The van der Waals surface area contributed by atoms with Gasteiger partial charge in [0.25, 0.3) is 5.91 Å². The Kier molecular flexibility index (Phi) is 10.1. The molecule has 51 heavy (non-hydrogen) atoms. The number of hydrogen-bond acceptors (Lipinski definition) is 10. The molecule has 278 valence electrons. The van der Waals surface area contributed by atoms with Crippen molar-refractivity contribution in [3.8, 4) is 0 Å². The van der Waals surface area contributed by atoms with Crippen LogP contribution in [0.4, 0.5) is 9.93 Å². The standard InChI is InChI=1S/C35H47ClN6O7S2/c1-7-21-14-35(21,31(45)40-51(47,48)23-11-12-23)39-29(43)26-13-22(49-33(46)41-16-20-9-8-10-25(36)24(20)18-41)17-42(26)30(44)28(34(4,5)6)38-32-37-15-27(50-32)19(2)3/h8-10,15,19,21-23,26,28H,7,11-14,16-18H2,1-6H3,(H,37,38)(H,39,43)(H,40,45)/t21-,22-,26+,28-,35-/m1/s1. The fourth-order valence-corrected chi connectivity index (χ4v) is 9.42. The molecule has 4 aliphatic rings. The molecule has 5 atom stereocenters. The minimum Gasteiger partial charge on any atom is -0.444 e. The fraction of sp³-hybridized carbons (Fsp3) is 0.629. The second-order valence-corrected chi connectivity index (χ2v) is 19.0. The normalized spacial score (nSPS) is 25.0. The van der Waals surface area contributed by atoms with Crippen molar-refractivity contribution >= 4 is 61.9 Å². The molecule has 1 aromatic heterocycles. The summed E-state index contributed by atoms with van der Waals surface area (Å²) in [5, 5.41) is 6.69. The molecular formula is C35H47ClN6O7S2. The maximum Gasteiger partial charge on any atom is 0.410 e. The van der Waals surface area contributed by atoms with E-state index in [9.17, 15) is 27.6 Å². The second-order valence-electron chi connectivity index (χ2n) is 15.6. The van der Waals surface area contributed by atoms with Gasteiger partial charge in [-0.05, 0) is 53.7 Å². The summed E-state index contributed by atoms with van der Waals surface area (Å²) in [6.45, 7) is 12.3. The van der Waals surface area contributed by atoms with Crippen LogP contribution in [0.5, 0.6) is 0 Å². The maximum absolute atomic E-state index is 14.6. The highest BCUT2D eigenvalue weighted by Gasteiger charge is 2.62. The summed E-state index contributed by atoms with van der Waals surface area (Å²) in [7, 11) is -3.85. The van der Waals surface area contributed by atoms with Crippen molar-refractivity contribution in [1.82, 2.24) is 24.8 Å². The number of sulfonamides is 1. The summed E-state index contributed by atoms with van der Waals surface area (Å²) >= 11 is 7.83. The molecule has 0 spiro atoms. The molecule has 1 saturated heterocycles. The molecule has 2 aliphatic heterocycles. The van der Waals surface area contributed by atoms with Crippen molar-refractivity contribution in [3.63, 3.8) is 0 Å². The summed E-state index contributed by atoms with van der Waals surface area (Å²) in [5.74, 6) is -1.79. The van der Waals surface area contributed by atoms with Crippen molar-refractivity contribution in [2.45, 2.75) is 122 Å². The number of fused-ring (bicyclic) bond motifs is 1. The maximum atomic E-state index is 14.6. The monoisotopic (exact) mass is 762 g/mol. The summed E-state index contributed by atoms with van der Waals surface area (Å²) in [4.78, 5) is 64.3. The number of anilines is 1. The van der Waals surface area contributed by atoms with Crippen LogP contribution in [0.15, 0.2) is 24.4 Å². The average Bonchev–Trinajstić information content (AvgIpc) is 3.86. The molecule has 2 aromatic rings. The number of nitrogens with one attached hydrogen (secondary N) is 3. The highest BCUT2D eigenvalue weighted by molar-refractivity contribution is 7.91. The Morgan fingerprint density at radius 1 is 1.16 bits per heavy atom. The van der Waals surface area contributed by atoms with Crippen LogP contribution in [0.2, 0.25) is 5.02 Å². The highest BCUT2D eigenvalue weighted by atomic mass is 35.5. The number of amides is 4. The first-order valence-electron chi connectivity index (χ1n) is 17.6. The summed E-state index contributed by atoms with van der Waals surface area (Å²) in [5.41, 5.74) is -0.280. The van der Waals surface area contributed by atoms with E-state index in [-0.39, 0.29) is 43.7 Å². The lowest BCUT2D eigenvalue weighted by molar-refractivity contribution is -0.141. The lowest BCUT2D eigenvalue weighted by Gasteiger charge is -2.35. The van der Waals surface area contributed by atoms with Crippen LogP contribution in [0, 0.1) is 11.3 Å². The van der Waals surface area contributed by atoms with Gasteiger partial charge in [0.2, 0.25) is 21.8 Å². The zero-order valence-electron chi connectivity index (χ0n) is 29.8. The smallest absolute Gasteiger partial charge is 0.410 e. The van der Waals surface area contributed by atoms with Crippen molar-refractivity contribution < 1.29 is 32.3 Å². The molecule has 3 heterocycles. The van der Waals surface area contributed by atoms with E-state index in [2.05, 4.69) is 34.2 Å². The molecule has 16 heteroatoms. The number of nitrogens with zero attached hydrogens (tertiary/aromatic N) is 3.